The standard InChI is InChI=1S/C14H18BrN3O2/c1-10-9-18(4-5-19-2)14(16-10)17-12-6-11(15)7-13(8-12)20-3/h6-9H,4-5H2,1-3H3,(H,16,17). The Labute approximate surface area is 127 Å². The maximum Gasteiger partial charge on any atom is 0.207 e. The van der Waals surface area contributed by atoms with Gasteiger partial charge in [0.25, 0.3) is 0 Å². The van der Waals surface area contributed by atoms with Gasteiger partial charge in [-0.05, 0) is 19.1 Å². The molecule has 0 unspecified atom stereocenters. The zero-order chi connectivity index (χ0) is 14.5. The van der Waals surface area contributed by atoms with Crippen molar-refractivity contribution in [2.75, 3.05) is 26.1 Å². The van der Waals surface area contributed by atoms with Crippen molar-refractivity contribution in [3.05, 3.63) is 34.6 Å². The molecule has 0 saturated carbocycles. The molecule has 1 aromatic carbocycles. The summed E-state index contributed by atoms with van der Waals surface area (Å²) in [6, 6.07) is 5.82. The second kappa shape index (κ2) is 6.76. The number of halogens is 1. The van der Waals surface area contributed by atoms with Crippen LogP contribution in [-0.4, -0.2) is 30.4 Å². The average molecular weight is 340 g/mol. The van der Waals surface area contributed by atoms with E-state index < -0.39 is 0 Å². The molecule has 0 fully saturated rings. The Balaban J connectivity index is 2.22. The van der Waals surface area contributed by atoms with Gasteiger partial charge in [0.2, 0.25) is 5.95 Å². The normalized spacial score (nSPS) is 10.6. The van der Waals surface area contributed by atoms with Gasteiger partial charge in [0.1, 0.15) is 5.75 Å². The predicted octanol–water partition coefficient (Wildman–Crippen LogP) is 3.35. The number of aromatic nitrogens is 2. The summed E-state index contributed by atoms with van der Waals surface area (Å²) in [6.07, 6.45) is 2.00. The lowest BCUT2D eigenvalue weighted by Gasteiger charge is -2.11. The lowest BCUT2D eigenvalue weighted by Crippen LogP contribution is -2.07. The van der Waals surface area contributed by atoms with E-state index in [9.17, 15) is 0 Å². The van der Waals surface area contributed by atoms with Gasteiger partial charge >= 0.3 is 0 Å². The largest absolute Gasteiger partial charge is 0.497 e. The summed E-state index contributed by atoms with van der Waals surface area (Å²) in [4.78, 5) is 4.48. The number of hydrogen-bond donors (Lipinski definition) is 1. The summed E-state index contributed by atoms with van der Waals surface area (Å²) >= 11 is 3.47. The van der Waals surface area contributed by atoms with Crippen molar-refractivity contribution in [2.45, 2.75) is 13.5 Å². The van der Waals surface area contributed by atoms with Gasteiger partial charge in [-0.15, -0.1) is 0 Å². The first-order valence-corrected chi connectivity index (χ1v) is 7.06. The molecule has 2 rings (SSSR count). The molecule has 0 atom stereocenters. The molecule has 108 valence electrons. The third kappa shape index (κ3) is 3.74. The number of anilines is 2. The van der Waals surface area contributed by atoms with E-state index in [2.05, 4.69) is 26.2 Å². The molecule has 0 aliphatic carbocycles. The first-order chi connectivity index (χ1) is 9.62. The number of nitrogens with one attached hydrogen (secondary N) is 1. The van der Waals surface area contributed by atoms with Crippen molar-refractivity contribution >= 4 is 27.6 Å². The first kappa shape index (κ1) is 14.9. The molecule has 20 heavy (non-hydrogen) atoms. The minimum atomic E-state index is 0.645. The number of methoxy groups -OCH3 is 2. The van der Waals surface area contributed by atoms with Gasteiger partial charge in [0.05, 0.1) is 19.4 Å². The van der Waals surface area contributed by atoms with Crippen molar-refractivity contribution in [2.24, 2.45) is 0 Å². The SMILES string of the molecule is COCCn1cc(C)nc1Nc1cc(Br)cc(OC)c1. The van der Waals surface area contributed by atoms with Crippen LogP contribution >= 0.6 is 15.9 Å². The number of nitrogens with zero attached hydrogens (tertiary/aromatic N) is 2. The van der Waals surface area contributed by atoms with Crippen molar-refractivity contribution in [1.82, 2.24) is 9.55 Å². The van der Waals surface area contributed by atoms with E-state index in [4.69, 9.17) is 9.47 Å². The monoisotopic (exact) mass is 339 g/mol. The molecule has 0 bridgehead atoms. The fraction of sp³-hybridized carbons (Fsp3) is 0.357. The van der Waals surface area contributed by atoms with Gasteiger partial charge in [-0.3, -0.25) is 0 Å². The molecule has 5 nitrogen and oxygen atoms in total. The highest BCUT2D eigenvalue weighted by molar-refractivity contribution is 9.10. The Bertz CT molecular complexity index is 584. The van der Waals surface area contributed by atoms with Crippen LogP contribution < -0.4 is 10.1 Å². The zero-order valence-corrected chi connectivity index (χ0v) is 13.4. The number of aryl methyl sites for hydroxylation is 1. The second-order valence-electron chi connectivity index (χ2n) is 4.40. The lowest BCUT2D eigenvalue weighted by atomic mass is 10.3. The van der Waals surface area contributed by atoms with Crippen LogP contribution in [0.15, 0.2) is 28.9 Å². The third-order valence-corrected chi connectivity index (χ3v) is 3.25. The molecular weight excluding hydrogens is 322 g/mol. The van der Waals surface area contributed by atoms with E-state index in [1.165, 1.54) is 0 Å². The lowest BCUT2D eigenvalue weighted by molar-refractivity contribution is 0.188. The van der Waals surface area contributed by atoms with Crippen LogP contribution in [0.3, 0.4) is 0 Å². The third-order valence-electron chi connectivity index (χ3n) is 2.80. The number of ether oxygens (including phenoxy) is 2. The summed E-state index contributed by atoms with van der Waals surface area (Å²) in [6.45, 7) is 3.37. The summed E-state index contributed by atoms with van der Waals surface area (Å²) in [5.74, 6) is 1.58. The summed E-state index contributed by atoms with van der Waals surface area (Å²) in [7, 11) is 3.34. The van der Waals surface area contributed by atoms with Crippen LogP contribution in [0.25, 0.3) is 0 Å². The van der Waals surface area contributed by atoms with E-state index in [0.717, 1.165) is 34.1 Å². The van der Waals surface area contributed by atoms with E-state index in [1.54, 1.807) is 14.2 Å². The van der Waals surface area contributed by atoms with E-state index in [0.29, 0.717) is 6.61 Å². The molecule has 0 amide bonds. The van der Waals surface area contributed by atoms with Crippen LogP contribution in [0.1, 0.15) is 5.69 Å². The molecule has 0 radical (unpaired) electrons. The molecule has 6 heteroatoms. The van der Waals surface area contributed by atoms with Gasteiger partial charge in [-0.2, -0.15) is 0 Å². The van der Waals surface area contributed by atoms with Crippen molar-refractivity contribution in [3.63, 3.8) is 0 Å². The molecule has 0 aliphatic rings. The minimum Gasteiger partial charge on any atom is -0.497 e. The van der Waals surface area contributed by atoms with Gasteiger partial charge in [0, 0.05) is 36.1 Å². The highest BCUT2D eigenvalue weighted by atomic mass is 79.9. The maximum atomic E-state index is 5.26. The van der Waals surface area contributed by atoms with Crippen LogP contribution in [0.5, 0.6) is 5.75 Å². The van der Waals surface area contributed by atoms with Gasteiger partial charge in [-0.25, -0.2) is 4.98 Å². The quantitative estimate of drug-likeness (QED) is 0.876. The van der Waals surface area contributed by atoms with Crippen LogP contribution in [-0.2, 0) is 11.3 Å². The first-order valence-electron chi connectivity index (χ1n) is 6.26. The van der Waals surface area contributed by atoms with Gasteiger partial charge in [-0.1, -0.05) is 15.9 Å². The Morgan fingerprint density at radius 2 is 2.10 bits per heavy atom. The maximum absolute atomic E-state index is 5.26. The Kier molecular flexibility index (Phi) is 5.03. The smallest absolute Gasteiger partial charge is 0.207 e. The van der Waals surface area contributed by atoms with Crippen LogP contribution in [0.2, 0.25) is 0 Å². The number of benzene rings is 1. The minimum absolute atomic E-state index is 0.645. The number of rotatable bonds is 6. The molecular formula is C14H18BrN3O2. The highest BCUT2D eigenvalue weighted by Gasteiger charge is 2.07. The fourth-order valence-electron chi connectivity index (χ4n) is 1.89. The highest BCUT2D eigenvalue weighted by Crippen LogP contribution is 2.26. The molecule has 1 heterocycles. The molecule has 0 spiro atoms. The number of imidazole rings is 1. The van der Waals surface area contributed by atoms with Crippen molar-refractivity contribution in [3.8, 4) is 5.75 Å². The Morgan fingerprint density at radius 3 is 2.80 bits per heavy atom. The predicted molar refractivity (Wildman–Crippen MR) is 82.8 cm³/mol. The molecule has 1 aromatic heterocycles. The zero-order valence-electron chi connectivity index (χ0n) is 11.8. The van der Waals surface area contributed by atoms with Crippen molar-refractivity contribution < 1.29 is 9.47 Å². The van der Waals surface area contributed by atoms with Crippen LogP contribution in [0, 0.1) is 6.92 Å². The number of hydrogen-bond acceptors (Lipinski definition) is 4. The Hall–Kier alpha value is -1.53. The summed E-state index contributed by atoms with van der Waals surface area (Å²) in [5, 5.41) is 3.30. The second-order valence-corrected chi connectivity index (χ2v) is 5.31. The summed E-state index contributed by atoms with van der Waals surface area (Å²) in [5.41, 5.74) is 1.88. The van der Waals surface area contributed by atoms with Crippen molar-refractivity contribution in [1.29, 1.82) is 0 Å². The van der Waals surface area contributed by atoms with E-state index >= 15 is 0 Å². The summed E-state index contributed by atoms with van der Waals surface area (Å²) < 4.78 is 13.4. The van der Waals surface area contributed by atoms with E-state index in [1.807, 2.05) is 35.9 Å². The fourth-order valence-corrected chi connectivity index (χ4v) is 2.36. The van der Waals surface area contributed by atoms with Gasteiger partial charge < -0.3 is 19.4 Å². The molecule has 0 saturated heterocycles. The van der Waals surface area contributed by atoms with E-state index in [-0.39, 0.29) is 0 Å². The molecule has 2 aromatic rings. The average Bonchev–Trinajstić information content (AvgIpc) is 2.75. The van der Waals surface area contributed by atoms with Gasteiger partial charge in [0.15, 0.2) is 0 Å². The Morgan fingerprint density at radius 1 is 1.30 bits per heavy atom. The van der Waals surface area contributed by atoms with Crippen LogP contribution in [0.4, 0.5) is 11.6 Å². The molecule has 0 aliphatic heterocycles. The topological polar surface area (TPSA) is 48.3 Å². The molecule has 1 N–H and O–H groups in total.